The molecular weight excluding hydrogens is 528 g/mol. The Hall–Kier alpha value is -4.70. The van der Waals surface area contributed by atoms with E-state index in [-0.39, 0.29) is 17.6 Å². The number of amides is 1. The molecule has 5 aromatic carbocycles. The number of nitrogens with zero attached hydrogens (tertiary/aromatic N) is 1. The Kier molecular flexibility index (Phi) is 8.65. The van der Waals surface area contributed by atoms with E-state index in [9.17, 15) is 9.59 Å². The number of hydrogen-bond donors (Lipinski definition) is 1. The number of piperidine rings is 1. The van der Waals surface area contributed by atoms with E-state index in [4.69, 9.17) is 0 Å². The molecule has 1 fully saturated rings. The van der Waals surface area contributed by atoms with E-state index in [1.54, 1.807) is 0 Å². The summed E-state index contributed by atoms with van der Waals surface area (Å²) in [7, 11) is 0. The summed E-state index contributed by atoms with van der Waals surface area (Å²) >= 11 is 0. The number of likely N-dealkylation sites (N-methyl/N-ethyl adjacent to an activating group) is 1. The lowest BCUT2D eigenvalue weighted by Gasteiger charge is -2.37. The first-order chi connectivity index (χ1) is 21.1. The van der Waals surface area contributed by atoms with Gasteiger partial charge in [0.1, 0.15) is 0 Å². The molecule has 1 heterocycles. The molecule has 1 aliphatic heterocycles. The first kappa shape index (κ1) is 28.4. The van der Waals surface area contributed by atoms with E-state index >= 15 is 0 Å². The number of hydrogen-bond acceptors (Lipinski definition) is 3. The Morgan fingerprint density at radius 1 is 0.744 bits per heavy atom. The fourth-order valence-electron chi connectivity index (χ4n) is 6.60. The van der Waals surface area contributed by atoms with Crippen molar-refractivity contribution in [3.05, 3.63) is 138 Å². The number of carbonyl (C=O) groups excluding carboxylic acids is 2. The van der Waals surface area contributed by atoms with Crippen molar-refractivity contribution >= 4 is 28.2 Å². The minimum Gasteiger partial charge on any atom is -0.372 e. The average molecular weight is 567 g/mol. The summed E-state index contributed by atoms with van der Waals surface area (Å²) in [6.45, 7) is 4.43. The number of nitrogens with one attached hydrogen (secondary N) is 1. The molecular formula is C39H38N2O2. The second-order valence-electron chi connectivity index (χ2n) is 11.4. The van der Waals surface area contributed by atoms with Gasteiger partial charge in [-0.15, -0.1) is 0 Å². The minimum absolute atomic E-state index is 0.117. The van der Waals surface area contributed by atoms with Crippen LogP contribution in [0.5, 0.6) is 0 Å². The molecule has 1 aliphatic rings. The van der Waals surface area contributed by atoms with Crippen LogP contribution in [0.2, 0.25) is 0 Å². The monoisotopic (exact) mass is 566 g/mol. The Bertz CT molecular complexity index is 1700. The summed E-state index contributed by atoms with van der Waals surface area (Å²) < 4.78 is 0. The lowest BCUT2D eigenvalue weighted by Crippen LogP contribution is -2.40. The summed E-state index contributed by atoms with van der Waals surface area (Å²) in [5.74, 6) is 0.440. The average Bonchev–Trinajstić information content (AvgIpc) is 3.06. The van der Waals surface area contributed by atoms with Gasteiger partial charge in [-0.25, -0.2) is 0 Å². The first-order valence-corrected chi connectivity index (χ1v) is 15.4. The van der Waals surface area contributed by atoms with E-state index in [2.05, 4.69) is 83.0 Å². The molecule has 0 saturated carbocycles. The summed E-state index contributed by atoms with van der Waals surface area (Å²) in [6, 6.07) is 41.2. The highest BCUT2D eigenvalue weighted by Crippen LogP contribution is 2.35. The third kappa shape index (κ3) is 6.24. The van der Waals surface area contributed by atoms with Crippen LogP contribution in [0, 0.1) is 5.92 Å². The van der Waals surface area contributed by atoms with Crippen molar-refractivity contribution < 1.29 is 9.59 Å². The maximum absolute atomic E-state index is 13.6. The van der Waals surface area contributed by atoms with E-state index in [1.165, 1.54) is 11.1 Å². The second-order valence-corrected chi connectivity index (χ2v) is 11.4. The summed E-state index contributed by atoms with van der Waals surface area (Å²) in [5, 5.41) is 5.38. The Morgan fingerprint density at radius 3 is 2.16 bits per heavy atom. The summed E-state index contributed by atoms with van der Waals surface area (Å²) in [4.78, 5) is 29.0. The normalized spacial score (nSPS) is 14.4. The quantitative estimate of drug-likeness (QED) is 0.184. The number of ketones is 1. The number of Topliss-reactive ketones (excluding diaryl/α,β-unsaturated/α-hetero) is 1. The van der Waals surface area contributed by atoms with Gasteiger partial charge in [-0.05, 0) is 70.8 Å². The highest BCUT2D eigenvalue weighted by Gasteiger charge is 2.32. The fraction of sp³-hybridized carbons (Fsp3) is 0.231. The van der Waals surface area contributed by atoms with Gasteiger partial charge in [0.15, 0.2) is 5.78 Å². The van der Waals surface area contributed by atoms with Gasteiger partial charge < -0.3 is 10.2 Å². The molecule has 0 aliphatic carbocycles. The Morgan fingerprint density at radius 2 is 1.40 bits per heavy atom. The van der Waals surface area contributed by atoms with Crippen LogP contribution >= 0.6 is 0 Å². The molecule has 4 heteroatoms. The molecule has 43 heavy (non-hydrogen) atoms. The van der Waals surface area contributed by atoms with Gasteiger partial charge in [0, 0.05) is 37.3 Å². The molecule has 5 aromatic rings. The zero-order valence-corrected chi connectivity index (χ0v) is 24.7. The number of benzene rings is 5. The predicted octanol–water partition coefficient (Wildman–Crippen LogP) is 8.07. The van der Waals surface area contributed by atoms with Crippen LogP contribution in [0.4, 0.5) is 5.69 Å². The number of carbonyl (C=O) groups is 2. The van der Waals surface area contributed by atoms with Gasteiger partial charge in [0.05, 0.1) is 5.92 Å². The standard InChI is InChI=1S/C39H38N2O2/c1-2-40-39(43)38(30-12-4-3-5-13-30)31-23-25-41(26-24-31)32-21-19-28(20-22-32)27-37(42)36-17-9-8-16-35(36)34-18-10-14-29-11-6-7-15-33(29)34/h3-22,31,38H,2,23-27H2,1H3,(H,40,43). The van der Waals surface area contributed by atoms with Crippen LogP contribution in [0.1, 0.15) is 47.2 Å². The molecule has 1 N–H and O–H groups in total. The molecule has 1 saturated heterocycles. The summed E-state index contributed by atoms with van der Waals surface area (Å²) in [6.07, 6.45) is 2.28. The summed E-state index contributed by atoms with van der Waals surface area (Å²) in [5.41, 5.74) is 6.09. The molecule has 0 bridgehead atoms. The van der Waals surface area contributed by atoms with Crippen molar-refractivity contribution in [3.8, 4) is 11.1 Å². The maximum Gasteiger partial charge on any atom is 0.227 e. The molecule has 0 spiro atoms. The molecule has 4 nitrogen and oxygen atoms in total. The first-order valence-electron chi connectivity index (χ1n) is 15.4. The van der Waals surface area contributed by atoms with E-state index in [0.29, 0.717) is 18.9 Å². The molecule has 216 valence electrons. The lowest BCUT2D eigenvalue weighted by atomic mass is 9.79. The zero-order valence-electron chi connectivity index (χ0n) is 24.7. The van der Waals surface area contributed by atoms with Crippen molar-refractivity contribution in [2.75, 3.05) is 24.5 Å². The van der Waals surface area contributed by atoms with E-state index in [1.807, 2.05) is 55.5 Å². The second kappa shape index (κ2) is 13.1. The molecule has 6 rings (SSSR count). The zero-order chi connectivity index (χ0) is 29.6. The predicted molar refractivity (Wildman–Crippen MR) is 177 cm³/mol. The van der Waals surface area contributed by atoms with Crippen LogP contribution in [0.25, 0.3) is 21.9 Å². The van der Waals surface area contributed by atoms with Gasteiger partial charge in [-0.3, -0.25) is 9.59 Å². The van der Waals surface area contributed by atoms with Gasteiger partial charge in [0.25, 0.3) is 0 Å². The van der Waals surface area contributed by atoms with Gasteiger partial charge >= 0.3 is 0 Å². The smallest absolute Gasteiger partial charge is 0.227 e. The SMILES string of the molecule is CCNC(=O)C(c1ccccc1)C1CCN(c2ccc(CC(=O)c3ccccc3-c3cccc4ccccc34)cc2)CC1. The third-order valence-corrected chi connectivity index (χ3v) is 8.78. The fourth-order valence-corrected chi connectivity index (χ4v) is 6.60. The Balaban J connectivity index is 1.13. The minimum atomic E-state index is -0.117. The maximum atomic E-state index is 13.6. The third-order valence-electron chi connectivity index (χ3n) is 8.78. The molecule has 0 aromatic heterocycles. The van der Waals surface area contributed by atoms with Crippen molar-refractivity contribution in [2.45, 2.75) is 32.1 Å². The van der Waals surface area contributed by atoms with Crippen molar-refractivity contribution in [1.82, 2.24) is 5.32 Å². The highest BCUT2D eigenvalue weighted by atomic mass is 16.2. The van der Waals surface area contributed by atoms with Crippen molar-refractivity contribution in [2.24, 2.45) is 5.92 Å². The number of anilines is 1. The van der Waals surface area contributed by atoms with E-state index in [0.717, 1.165) is 59.1 Å². The largest absolute Gasteiger partial charge is 0.372 e. The van der Waals surface area contributed by atoms with Gasteiger partial charge in [-0.1, -0.05) is 109 Å². The number of rotatable bonds is 9. The topological polar surface area (TPSA) is 49.4 Å². The molecule has 1 atom stereocenters. The van der Waals surface area contributed by atoms with Crippen LogP contribution < -0.4 is 10.2 Å². The van der Waals surface area contributed by atoms with Crippen molar-refractivity contribution in [1.29, 1.82) is 0 Å². The molecule has 1 amide bonds. The molecule has 0 radical (unpaired) electrons. The van der Waals surface area contributed by atoms with E-state index < -0.39 is 0 Å². The van der Waals surface area contributed by atoms with Crippen LogP contribution in [-0.2, 0) is 11.2 Å². The lowest BCUT2D eigenvalue weighted by molar-refractivity contribution is -0.123. The van der Waals surface area contributed by atoms with Crippen LogP contribution in [0.15, 0.2) is 121 Å². The van der Waals surface area contributed by atoms with Crippen LogP contribution in [-0.4, -0.2) is 31.3 Å². The van der Waals surface area contributed by atoms with Crippen LogP contribution in [0.3, 0.4) is 0 Å². The number of fused-ring (bicyclic) bond motifs is 1. The Labute approximate surface area is 254 Å². The molecule has 1 unspecified atom stereocenters. The van der Waals surface area contributed by atoms with Crippen molar-refractivity contribution in [3.63, 3.8) is 0 Å². The highest BCUT2D eigenvalue weighted by molar-refractivity contribution is 6.07. The van der Waals surface area contributed by atoms with Gasteiger partial charge in [-0.2, -0.15) is 0 Å². The van der Waals surface area contributed by atoms with Gasteiger partial charge in [0.2, 0.25) is 5.91 Å².